The molecule has 1 saturated carbocycles. The van der Waals surface area contributed by atoms with E-state index in [2.05, 4.69) is 0 Å². The van der Waals surface area contributed by atoms with Crippen molar-refractivity contribution in [1.82, 2.24) is 0 Å². The van der Waals surface area contributed by atoms with E-state index in [1.54, 1.807) is 30.3 Å². The lowest BCUT2D eigenvalue weighted by Gasteiger charge is -2.18. The molecule has 1 aliphatic carbocycles. The van der Waals surface area contributed by atoms with Gasteiger partial charge in [0.1, 0.15) is 0 Å². The standard InChI is InChI=1S/C20H19F3O5S/c1-28-17-11-14(10-15(17)19(24)25)29(26,27)18-8-7-13(9-16(18)20(21,22)23)12-5-3-2-4-6-12/h2-9,14-15,17H,10-11H2,1H3,(H,24,25)/t14-,15-,17-/m1/s1. The van der Waals surface area contributed by atoms with Crippen LogP contribution in [0.25, 0.3) is 11.1 Å². The predicted octanol–water partition coefficient (Wildman–Crippen LogP) is 4.02. The number of ether oxygens (including phenoxy) is 1. The number of rotatable bonds is 5. The van der Waals surface area contributed by atoms with Crippen LogP contribution in [-0.4, -0.2) is 38.0 Å². The smallest absolute Gasteiger partial charge is 0.417 e. The van der Waals surface area contributed by atoms with Crippen LogP contribution < -0.4 is 0 Å². The molecule has 0 amide bonds. The van der Waals surface area contributed by atoms with Crippen molar-refractivity contribution in [3.63, 3.8) is 0 Å². The number of benzene rings is 2. The molecular weight excluding hydrogens is 409 g/mol. The average molecular weight is 428 g/mol. The van der Waals surface area contributed by atoms with Gasteiger partial charge in [-0.1, -0.05) is 36.4 Å². The fraction of sp³-hybridized carbons (Fsp3) is 0.350. The Bertz CT molecular complexity index is 1000. The number of carboxylic acid groups (broad SMARTS) is 1. The molecule has 2 aromatic carbocycles. The quantitative estimate of drug-likeness (QED) is 0.778. The first kappa shape index (κ1) is 21.3. The third kappa shape index (κ3) is 4.16. The number of methoxy groups -OCH3 is 1. The van der Waals surface area contributed by atoms with E-state index in [0.717, 1.165) is 12.1 Å². The summed E-state index contributed by atoms with van der Waals surface area (Å²) < 4.78 is 72.3. The van der Waals surface area contributed by atoms with Gasteiger partial charge in [-0.25, -0.2) is 8.42 Å². The van der Waals surface area contributed by atoms with Crippen molar-refractivity contribution < 1.29 is 36.2 Å². The van der Waals surface area contributed by atoms with Crippen molar-refractivity contribution in [1.29, 1.82) is 0 Å². The van der Waals surface area contributed by atoms with Gasteiger partial charge in [-0.2, -0.15) is 13.2 Å². The molecule has 0 aliphatic heterocycles. The highest BCUT2D eigenvalue weighted by molar-refractivity contribution is 7.92. The zero-order valence-electron chi connectivity index (χ0n) is 15.4. The van der Waals surface area contributed by atoms with Crippen LogP contribution in [0.1, 0.15) is 18.4 Å². The van der Waals surface area contributed by atoms with Gasteiger partial charge in [0.25, 0.3) is 0 Å². The Morgan fingerprint density at radius 1 is 1.07 bits per heavy atom. The van der Waals surface area contributed by atoms with E-state index in [4.69, 9.17) is 4.74 Å². The molecule has 29 heavy (non-hydrogen) atoms. The van der Waals surface area contributed by atoms with E-state index in [9.17, 15) is 31.5 Å². The molecule has 0 aromatic heterocycles. The number of halogens is 3. The van der Waals surface area contributed by atoms with Crippen LogP contribution in [-0.2, 0) is 25.5 Å². The molecule has 3 atom stereocenters. The largest absolute Gasteiger partial charge is 0.481 e. The fourth-order valence-electron chi connectivity index (χ4n) is 3.72. The molecule has 3 rings (SSSR count). The number of hydrogen-bond donors (Lipinski definition) is 1. The van der Waals surface area contributed by atoms with Gasteiger partial charge in [-0.05, 0) is 36.1 Å². The topological polar surface area (TPSA) is 80.7 Å². The Labute approximate surface area is 166 Å². The van der Waals surface area contributed by atoms with Crippen LogP contribution in [0.2, 0.25) is 0 Å². The minimum atomic E-state index is -4.89. The predicted molar refractivity (Wildman–Crippen MR) is 99.0 cm³/mol. The number of carboxylic acids is 1. The molecule has 1 fully saturated rings. The molecule has 0 unspecified atom stereocenters. The summed E-state index contributed by atoms with van der Waals surface area (Å²) in [7, 11) is -3.17. The Balaban J connectivity index is 2.06. The summed E-state index contributed by atoms with van der Waals surface area (Å²) in [6.07, 6.45) is -6.23. The van der Waals surface area contributed by atoms with Crippen LogP contribution >= 0.6 is 0 Å². The molecule has 1 N–H and O–H groups in total. The van der Waals surface area contributed by atoms with Gasteiger partial charge in [0, 0.05) is 7.11 Å². The Hall–Kier alpha value is -2.39. The van der Waals surface area contributed by atoms with Crippen LogP contribution in [0.5, 0.6) is 0 Å². The van der Waals surface area contributed by atoms with Crippen LogP contribution in [0.3, 0.4) is 0 Å². The molecule has 0 heterocycles. The van der Waals surface area contributed by atoms with Gasteiger partial charge in [0.15, 0.2) is 9.84 Å². The summed E-state index contributed by atoms with van der Waals surface area (Å²) >= 11 is 0. The van der Waals surface area contributed by atoms with E-state index in [-0.39, 0.29) is 18.4 Å². The second-order valence-corrected chi connectivity index (χ2v) is 9.13. The first-order valence-corrected chi connectivity index (χ1v) is 10.4. The lowest BCUT2D eigenvalue weighted by molar-refractivity contribution is -0.145. The summed E-state index contributed by atoms with van der Waals surface area (Å²) in [4.78, 5) is 10.5. The number of aliphatic carboxylic acids is 1. The maximum atomic E-state index is 13.7. The minimum absolute atomic E-state index is 0.173. The number of sulfone groups is 1. The van der Waals surface area contributed by atoms with Crippen molar-refractivity contribution in [2.75, 3.05) is 7.11 Å². The maximum Gasteiger partial charge on any atom is 0.417 e. The monoisotopic (exact) mass is 428 g/mol. The number of alkyl halides is 3. The van der Waals surface area contributed by atoms with Gasteiger partial charge in [0.2, 0.25) is 0 Å². The summed E-state index contributed by atoms with van der Waals surface area (Å²) in [6, 6.07) is 11.4. The first-order chi connectivity index (χ1) is 13.6. The van der Waals surface area contributed by atoms with Gasteiger partial charge in [-0.3, -0.25) is 4.79 Å². The Morgan fingerprint density at radius 3 is 2.24 bits per heavy atom. The second-order valence-electron chi connectivity index (χ2n) is 6.93. The van der Waals surface area contributed by atoms with Crippen molar-refractivity contribution in [2.24, 2.45) is 5.92 Å². The van der Waals surface area contributed by atoms with Crippen molar-refractivity contribution in [3.05, 3.63) is 54.1 Å². The summed E-state index contributed by atoms with van der Waals surface area (Å²) in [5, 5.41) is 7.99. The van der Waals surface area contributed by atoms with E-state index in [0.29, 0.717) is 5.56 Å². The third-order valence-electron chi connectivity index (χ3n) is 5.22. The van der Waals surface area contributed by atoms with E-state index in [1.165, 1.54) is 13.2 Å². The average Bonchev–Trinajstić information content (AvgIpc) is 3.13. The highest BCUT2D eigenvalue weighted by Crippen LogP contribution is 2.42. The fourth-order valence-corrected chi connectivity index (χ4v) is 5.72. The molecule has 0 radical (unpaired) electrons. The molecule has 5 nitrogen and oxygen atoms in total. The lowest BCUT2D eigenvalue weighted by atomic mass is 10.0. The Morgan fingerprint density at radius 2 is 1.72 bits per heavy atom. The number of hydrogen-bond acceptors (Lipinski definition) is 4. The van der Waals surface area contributed by atoms with Crippen LogP contribution in [0.15, 0.2) is 53.4 Å². The van der Waals surface area contributed by atoms with E-state index < -0.39 is 49.7 Å². The van der Waals surface area contributed by atoms with Crippen molar-refractivity contribution >= 4 is 15.8 Å². The molecule has 9 heteroatoms. The van der Waals surface area contributed by atoms with Crippen LogP contribution in [0, 0.1) is 5.92 Å². The second kappa shape index (κ2) is 7.79. The lowest BCUT2D eigenvalue weighted by Crippen LogP contribution is -2.24. The molecule has 0 bridgehead atoms. The highest BCUT2D eigenvalue weighted by atomic mass is 32.2. The zero-order chi connectivity index (χ0) is 21.4. The van der Waals surface area contributed by atoms with Gasteiger partial charge < -0.3 is 9.84 Å². The maximum absolute atomic E-state index is 13.7. The summed E-state index contributed by atoms with van der Waals surface area (Å²) in [5.41, 5.74) is -0.499. The number of carbonyl (C=O) groups is 1. The highest BCUT2D eigenvalue weighted by Gasteiger charge is 2.47. The van der Waals surface area contributed by atoms with Gasteiger partial charge in [0.05, 0.1) is 27.7 Å². The molecular formula is C20H19F3O5S. The van der Waals surface area contributed by atoms with E-state index in [1.807, 2.05) is 0 Å². The summed E-state index contributed by atoms with van der Waals surface area (Å²) in [6.45, 7) is 0. The molecule has 2 aromatic rings. The van der Waals surface area contributed by atoms with Crippen molar-refractivity contribution in [3.8, 4) is 11.1 Å². The third-order valence-corrected chi connectivity index (χ3v) is 7.45. The molecule has 0 spiro atoms. The van der Waals surface area contributed by atoms with Crippen molar-refractivity contribution in [2.45, 2.75) is 35.3 Å². The zero-order valence-corrected chi connectivity index (χ0v) is 16.2. The van der Waals surface area contributed by atoms with Crippen LogP contribution in [0.4, 0.5) is 13.2 Å². The first-order valence-electron chi connectivity index (χ1n) is 8.82. The molecule has 1 aliphatic rings. The molecule has 156 valence electrons. The van der Waals surface area contributed by atoms with Gasteiger partial charge >= 0.3 is 12.1 Å². The Kier molecular flexibility index (Phi) is 5.73. The SMILES string of the molecule is CO[C@@H]1C[C@H](S(=O)(=O)c2ccc(-c3ccccc3)cc2C(F)(F)F)C[C@H]1C(=O)O. The normalized spacial score (nSPS) is 22.6. The molecule has 0 saturated heterocycles. The van der Waals surface area contributed by atoms with Gasteiger partial charge in [-0.15, -0.1) is 0 Å². The summed E-state index contributed by atoms with van der Waals surface area (Å²) in [5.74, 6) is -2.32. The minimum Gasteiger partial charge on any atom is -0.481 e. The van der Waals surface area contributed by atoms with E-state index >= 15 is 0 Å².